The van der Waals surface area contributed by atoms with Gasteiger partial charge in [-0.3, -0.25) is 4.98 Å². The van der Waals surface area contributed by atoms with Gasteiger partial charge in [0, 0.05) is 38.6 Å². The molecule has 0 aliphatic carbocycles. The van der Waals surface area contributed by atoms with Crippen molar-refractivity contribution in [1.82, 2.24) is 15.2 Å². The van der Waals surface area contributed by atoms with E-state index in [1.54, 1.807) is 32.8 Å². The summed E-state index contributed by atoms with van der Waals surface area (Å²) in [7, 11) is 3.40. The monoisotopic (exact) mass is 245 g/mol. The van der Waals surface area contributed by atoms with E-state index in [0.29, 0.717) is 6.54 Å². The summed E-state index contributed by atoms with van der Waals surface area (Å²) in [5, 5.41) is 2.79. The summed E-state index contributed by atoms with van der Waals surface area (Å²) in [6.07, 6.45) is 5.08. The first-order valence-electron chi connectivity index (χ1n) is 5.60. The second kappa shape index (κ2) is 5.35. The molecule has 1 N–H and O–H groups in total. The van der Waals surface area contributed by atoms with Crippen molar-refractivity contribution >= 4 is 6.03 Å². The number of nitrogens with one attached hydrogen (secondary N) is 1. The topological polar surface area (TPSA) is 58.4 Å². The van der Waals surface area contributed by atoms with Gasteiger partial charge in [-0.05, 0) is 23.8 Å². The Labute approximate surface area is 105 Å². The SMILES string of the molecule is CN(C)C(=O)NCc1cncc(-c2ccco2)c1. The first-order chi connectivity index (χ1) is 8.66. The predicted octanol–water partition coefficient (Wildman–Crippen LogP) is 2.11. The third-order valence-corrected chi connectivity index (χ3v) is 2.45. The minimum atomic E-state index is -0.126. The van der Waals surface area contributed by atoms with E-state index >= 15 is 0 Å². The summed E-state index contributed by atoms with van der Waals surface area (Å²) in [4.78, 5) is 17.0. The second-order valence-corrected chi connectivity index (χ2v) is 4.11. The Morgan fingerprint density at radius 2 is 2.28 bits per heavy atom. The molecule has 0 unspecified atom stereocenters. The fourth-order valence-corrected chi connectivity index (χ4v) is 1.50. The molecule has 0 aliphatic heterocycles. The van der Waals surface area contributed by atoms with E-state index < -0.39 is 0 Å². The molecule has 5 nitrogen and oxygen atoms in total. The van der Waals surface area contributed by atoms with Crippen LogP contribution in [0.2, 0.25) is 0 Å². The number of aromatic nitrogens is 1. The molecule has 0 atom stereocenters. The highest BCUT2D eigenvalue weighted by molar-refractivity contribution is 5.73. The summed E-state index contributed by atoms with van der Waals surface area (Å²) in [6.45, 7) is 0.443. The number of pyridine rings is 1. The average molecular weight is 245 g/mol. The van der Waals surface area contributed by atoms with Gasteiger partial charge in [-0.2, -0.15) is 0 Å². The van der Waals surface area contributed by atoms with Crippen LogP contribution in [0.5, 0.6) is 0 Å². The molecule has 2 aromatic heterocycles. The number of carbonyl (C=O) groups is 1. The molecule has 2 amide bonds. The van der Waals surface area contributed by atoms with Crippen molar-refractivity contribution in [3.8, 4) is 11.3 Å². The van der Waals surface area contributed by atoms with Crippen LogP contribution in [0.15, 0.2) is 41.3 Å². The molecule has 0 aromatic carbocycles. The van der Waals surface area contributed by atoms with Crippen molar-refractivity contribution in [2.45, 2.75) is 6.54 Å². The van der Waals surface area contributed by atoms with Crippen LogP contribution in [-0.4, -0.2) is 30.0 Å². The number of rotatable bonds is 3. The van der Waals surface area contributed by atoms with E-state index in [0.717, 1.165) is 16.9 Å². The highest BCUT2D eigenvalue weighted by Crippen LogP contribution is 2.19. The van der Waals surface area contributed by atoms with Crippen LogP contribution in [0.25, 0.3) is 11.3 Å². The van der Waals surface area contributed by atoms with Gasteiger partial charge in [0.1, 0.15) is 5.76 Å². The zero-order valence-corrected chi connectivity index (χ0v) is 10.4. The normalized spacial score (nSPS) is 10.1. The van der Waals surface area contributed by atoms with Crippen LogP contribution in [0, 0.1) is 0 Å². The molecule has 0 fully saturated rings. The third-order valence-electron chi connectivity index (χ3n) is 2.45. The van der Waals surface area contributed by atoms with E-state index in [1.165, 1.54) is 4.90 Å². The molecule has 94 valence electrons. The number of nitrogens with zero attached hydrogens (tertiary/aromatic N) is 2. The average Bonchev–Trinajstić information content (AvgIpc) is 2.90. The lowest BCUT2D eigenvalue weighted by Gasteiger charge is -2.11. The Morgan fingerprint density at radius 3 is 2.94 bits per heavy atom. The second-order valence-electron chi connectivity index (χ2n) is 4.11. The van der Waals surface area contributed by atoms with Gasteiger partial charge in [0.05, 0.1) is 6.26 Å². The summed E-state index contributed by atoms with van der Waals surface area (Å²) in [5.74, 6) is 0.767. The molecular weight excluding hydrogens is 230 g/mol. The molecule has 0 saturated heterocycles. The van der Waals surface area contributed by atoms with Crippen LogP contribution >= 0.6 is 0 Å². The molecule has 0 radical (unpaired) electrons. The lowest BCUT2D eigenvalue weighted by Crippen LogP contribution is -2.33. The van der Waals surface area contributed by atoms with Gasteiger partial charge in [-0.25, -0.2) is 4.79 Å². The first kappa shape index (κ1) is 12.2. The van der Waals surface area contributed by atoms with Gasteiger partial charge in [-0.1, -0.05) is 0 Å². The molecule has 5 heteroatoms. The summed E-state index contributed by atoms with van der Waals surface area (Å²) < 4.78 is 5.30. The predicted molar refractivity (Wildman–Crippen MR) is 67.9 cm³/mol. The molecule has 18 heavy (non-hydrogen) atoms. The Morgan fingerprint density at radius 1 is 1.44 bits per heavy atom. The highest BCUT2D eigenvalue weighted by atomic mass is 16.3. The van der Waals surface area contributed by atoms with E-state index in [-0.39, 0.29) is 6.03 Å². The fraction of sp³-hybridized carbons (Fsp3) is 0.231. The first-order valence-corrected chi connectivity index (χ1v) is 5.60. The number of hydrogen-bond donors (Lipinski definition) is 1. The Bertz CT molecular complexity index is 521. The van der Waals surface area contributed by atoms with E-state index in [2.05, 4.69) is 10.3 Å². The van der Waals surface area contributed by atoms with Crippen LogP contribution in [0.4, 0.5) is 4.79 Å². The van der Waals surface area contributed by atoms with Crippen LogP contribution in [-0.2, 0) is 6.54 Å². The van der Waals surface area contributed by atoms with Gasteiger partial charge in [0.2, 0.25) is 0 Å². The van der Waals surface area contributed by atoms with Crippen molar-refractivity contribution in [2.24, 2.45) is 0 Å². The quantitative estimate of drug-likeness (QED) is 0.901. The minimum Gasteiger partial charge on any atom is -0.464 e. The zero-order chi connectivity index (χ0) is 13.0. The summed E-state index contributed by atoms with van der Waals surface area (Å²) >= 11 is 0. The van der Waals surface area contributed by atoms with Gasteiger partial charge < -0.3 is 14.6 Å². The van der Waals surface area contributed by atoms with Crippen LogP contribution < -0.4 is 5.32 Å². The van der Waals surface area contributed by atoms with Crippen LogP contribution in [0.3, 0.4) is 0 Å². The Kier molecular flexibility index (Phi) is 3.62. The van der Waals surface area contributed by atoms with Crippen molar-refractivity contribution in [3.63, 3.8) is 0 Å². The van der Waals surface area contributed by atoms with Gasteiger partial charge >= 0.3 is 6.03 Å². The Hall–Kier alpha value is -2.30. The molecule has 2 aromatic rings. The molecule has 2 rings (SSSR count). The van der Waals surface area contributed by atoms with Crippen molar-refractivity contribution in [1.29, 1.82) is 0 Å². The molecule has 0 spiro atoms. The molecule has 0 aliphatic rings. The number of carbonyl (C=O) groups excluding carboxylic acids is 1. The molecule has 0 bridgehead atoms. The van der Waals surface area contributed by atoms with E-state index in [9.17, 15) is 4.79 Å². The van der Waals surface area contributed by atoms with E-state index in [1.807, 2.05) is 18.2 Å². The summed E-state index contributed by atoms with van der Waals surface area (Å²) in [5.41, 5.74) is 1.83. The molecule has 0 saturated carbocycles. The van der Waals surface area contributed by atoms with Crippen LogP contribution in [0.1, 0.15) is 5.56 Å². The maximum atomic E-state index is 11.4. The maximum absolute atomic E-state index is 11.4. The molecule has 2 heterocycles. The van der Waals surface area contributed by atoms with Crippen molar-refractivity contribution < 1.29 is 9.21 Å². The summed E-state index contributed by atoms with van der Waals surface area (Å²) in [6, 6.07) is 5.52. The number of hydrogen-bond acceptors (Lipinski definition) is 3. The van der Waals surface area contributed by atoms with Gasteiger partial charge in [-0.15, -0.1) is 0 Å². The lowest BCUT2D eigenvalue weighted by molar-refractivity contribution is 0.217. The number of furan rings is 1. The minimum absolute atomic E-state index is 0.126. The smallest absolute Gasteiger partial charge is 0.317 e. The third kappa shape index (κ3) is 2.88. The lowest BCUT2D eigenvalue weighted by atomic mass is 10.1. The number of urea groups is 1. The van der Waals surface area contributed by atoms with Gasteiger partial charge in [0.25, 0.3) is 0 Å². The maximum Gasteiger partial charge on any atom is 0.317 e. The largest absolute Gasteiger partial charge is 0.464 e. The van der Waals surface area contributed by atoms with Crippen molar-refractivity contribution in [3.05, 3.63) is 42.4 Å². The van der Waals surface area contributed by atoms with Crippen molar-refractivity contribution in [2.75, 3.05) is 14.1 Å². The fourth-order valence-electron chi connectivity index (χ4n) is 1.50. The Balaban J connectivity index is 2.06. The number of amides is 2. The van der Waals surface area contributed by atoms with E-state index in [4.69, 9.17) is 4.42 Å². The van der Waals surface area contributed by atoms with Gasteiger partial charge in [0.15, 0.2) is 0 Å². The zero-order valence-electron chi connectivity index (χ0n) is 10.4. The molecular formula is C13H15N3O2. The standard InChI is InChI=1S/C13H15N3O2/c1-16(2)13(17)15-8-10-6-11(9-14-7-10)12-4-3-5-18-12/h3-7,9H,8H2,1-2H3,(H,15,17). The highest BCUT2D eigenvalue weighted by Gasteiger charge is 2.05.